The van der Waals surface area contributed by atoms with E-state index in [2.05, 4.69) is 29.2 Å². The lowest BCUT2D eigenvalue weighted by atomic mass is 9.87. The van der Waals surface area contributed by atoms with E-state index in [0.29, 0.717) is 41.2 Å². The molecule has 2 aliphatic heterocycles. The van der Waals surface area contributed by atoms with Crippen LogP contribution in [0.1, 0.15) is 51.9 Å². The Balaban J connectivity index is 0.00000353. The maximum absolute atomic E-state index is 12.6. The van der Waals surface area contributed by atoms with Gasteiger partial charge in [-0.05, 0) is 89.9 Å². The number of aromatic carboxylic acids is 1. The van der Waals surface area contributed by atoms with Gasteiger partial charge in [0.15, 0.2) is 0 Å². The highest BCUT2D eigenvalue weighted by Gasteiger charge is 2.25. The van der Waals surface area contributed by atoms with Crippen molar-refractivity contribution in [3.05, 3.63) is 98.5 Å². The van der Waals surface area contributed by atoms with Crippen LogP contribution in [0.4, 0.5) is 4.39 Å². The standard InChI is InChI=1S/C31H30Cl2FNO3.ClH/c32-24-7-9-25(28(33)18-24)26-11-15-38-29-17-23(31(36)37)6-8-27(29)30(26)22-4-2-20(3-5-22)16-21-10-14-35(19-21)13-1-12-34;/h2-9,17-18,21H,1,10-16,19H2,(H,36,37);1H. The lowest BCUT2D eigenvalue weighted by Crippen LogP contribution is -2.22. The van der Waals surface area contributed by atoms with E-state index in [1.54, 1.807) is 18.2 Å². The summed E-state index contributed by atoms with van der Waals surface area (Å²) in [6, 6.07) is 19.1. The number of carboxylic acid groups (broad SMARTS) is 1. The molecule has 3 aromatic carbocycles. The Kier molecular flexibility index (Phi) is 9.95. The molecule has 5 rings (SSSR count). The van der Waals surface area contributed by atoms with E-state index in [0.717, 1.165) is 60.3 Å². The Morgan fingerprint density at radius 2 is 1.82 bits per heavy atom. The third kappa shape index (κ3) is 6.78. The zero-order valence-electron chi connectivity index (χ0n) is 21.5. The molecule has 206 valence electrons. The van der Waals surface area contributed by atoms with Crippen molar-refractivity contribution in [2.45, 2.75) is 25.7 Å². The van der Waals surface area contributed by atoms with Gasteiger partial charge in [0.25, 0.3) is 0 Å². The summed E-state index contributed by atoms with van der Waals surface area (Å²) in [5.41, 5.74) is 6.19. The molecule has 1 N–H and O–H groups in total. The summed E-state index contributed by atoms with van der Waals surface area (Å²) < 4.78 is 18.6. The Bertz CT molecular complexity index is 1360. The van der Waals surface area contributed by atoms with Crippen molar-refractivity contribution in [1.82, 2.24) is 4.90 Å². The number of hydrogen-bond acceptors (Lipinski definition) is 3. The maximum atomic E-state index is 12.6. The minimum atomic E-state index is -0.994. The number of nitrogens with zero attached hydrogens (tertiary/aromatic N) is 1. The average Bonchev–Trinajstić information content (AvgIpc) is 3.26. The number of rotatable bonds is 8. The molecule has 0 aliphatic carbocycles. The summed E-state index contributed by atoms with van der Waals surface area (Å²) in [4.78, 5) is 14.0. The summed E-state index contributed by atoms with van der Waals surface area (Å²) >= 11 is 12.9. The third-order valence-electron chi connectivity index (χ3n) is 7.41. The third-order valence-corrected chi connectivity index (χ3v) is 7.96. The second-order valence-electron chi connectivity index (χ2n) is 9.99. The van der Waals surface area contributed by atoms with Gasteiger partial charge in [0.2, 0.25) is 0 Å². The first-order valence-corrected chi connectivity index (χ1v) is 13.7. The molecule has 0 bridgehead atoms. The van der Waals surface area contributed by atoms with Crippen LogP contribution in [0.2, 0.25) is 10.0 Å². The molecular formula is C31H31Cl3FNO3. The van der Waals surface area contributed by atoms with Gasteiger partial charge in [0, 0.05) is 35.1 Å². The van der Waals surface area contributed by atoms with Crippen LogP contribution >= 0.6 is 35.6 Å². The van der Waals surface area contributed by atoms with Crippen molar-refractivity contribution >= 4 is 52.7 Å². The molecule has 0 amide bonds. The molecule has 2 heterocycles. The van der Waals surface area contributed by atoms with Crippen LogP contribution in [0.5, 0.6) is 5.75 Å². The van der Waals surface area contributed by atoms with Crippen molar-refractivity contribution in [2.24, 2.45) is 5.92 Å². The first-order valence-electron chi connectivity index (χ1n) is 13.0. The number of likely N-dealkylation sites (tertiary alicyclic amines) is 1. The molecule has 1 atom stereocenters. The van der Waals surface area contributed by atoms with Gasteiger partial charge in [-0.3, -0.25) is 4.39 Å². The van der Waals surface area contributed by atoms with Gasteiger partial charge < -0.3 is 14.7 Å². The van der Waals surface area contributed by atoms with Gasteiger partial charge in [-0.25, -0.2) is 4.79 Å². The second kappa shape index (κ2) is 13.2. The fraction of sp³-hybridized carbons (Fsp3) is 0.323. The van der Waals surface area contributed by atoms with E-state index < -0.39 is 5.97 Å². The van der Waals surface area contributed by atoms with E-state index in [9.17, 15) is 14.3 Å². The Morgan fingerprint density at radius 1 is 1.05 bits per heavy atom. The molecule has 8 heteroatoms. The van der Waals surface area contributed by atoms with Crippen molar-refractivity contribution in [1.29, 1.82) is 0 Å². The molecule has 0 radical (unpaired) electrons. The van der Waals surface area contributed by atoms with Crippen molar-refractivity contribution < 1.29 is 19.0 Å². The normalized spacial score (nSPS) is 17.3. The zero-order valence-corrected chi connectivity index (χ0v) is 23.8. The Morgan fingerprint density at radius 3 is 2.54 bits per heavy atom. The van der Waals surface area contributed by atoms with Gasteiger partial charge >= 0.3 is 5.97 Å². The molecule has 1 fully saturated rings. The quantitative estimate of drug-likeness (QED) is 0.288. The SMILES string of the molecule is Cl.O=C(O)c1ccc2c(c1)OCCC(c1ccc(Cl)cc1Cl)=C2c1ccc(CC2CCN(CCCF)C2)cc1. The topological polar surface area (TPSA) is 49.8 Å². The molecule has 0 aromatic heterocycles. The van der Waals surface area contributed by atoms with Gasteiger partial charge in [-0.2, -0.15) is 0 Å². The fourth-order valence-corrected chi connectivity index (χ4v) is 6.09. The smallest absolute Gasteiger partial charge is 0.335 e. The largest absolute Gasteiger partial charge is 0.493 e. The summed E-state index contributed by atoms with van der Waals surface area (Å²) in [7, 11) is 0. The number of carboxylic acids is 1. The molecule has 3 aromatic rings. The van der Waals surface area contributed by atoms with E-state index in [4.69, 9.17) is 27.9 Å². The zero-order chi connectivity index (χ0) is 26.6. The summed E-state index contributed by atoms with van der Waals surface area (Å²) in [5.74, 6) is 0.125. The van der Waals surface area contributed by atoms with Crippen molar-refractivity contribution in [2.75, 3.05) is 32.9 Å². The molecule has 0 saturated carbocycles. The van der Waals surface area contributed by atoms with Crippen LogP contribution in [-0.4, -0.2) is 48.9 Å². The molecule has 1 unspecified atom stereocenters. The average molecular weight is 591 g/mol. The minimum absolute atomic E-state index is 0. The predicted octanol–water partition coefficient (Wildman–Crippen LogP) is 8.08. The van der Waals surface area contributed by atoms with Gasteiger partial charge in [-0.1, -0.05) is 53.5 Å². The van der Waals surface area contributed by atoms with E-state index in [1.807, 2.05) is 18.2 Å². The molecule has 0 spiro atoms. The van der Waals surface area contributed by atoms with Crippen molar-refractivity contribution in [3.63, 3.8) is 0 Å². The van der Waals surface area contributed by atoms with Crippen LogP contribution < -0.4 is 4.74 Å². The fourth-order valence-electron chi connectivity index (χ4n) is 5.57. The summed E-state index contributed by atoms with van der Waals surface area (Å²) in [6.07, 6.45) is 3.33. The summed E-state index contributed by atoms with van der Waals surface area (Å²) in [6.45, 7) is 3.03. The second-order valence-corrected chi connectivity index (χ2v) is 10.8. The van der Waals surface area contributed by atoms with E-state index in [-0.39, 0.29) is 24.6 Å². The van der Waals surface area contributed by atoms with Crippen LogP contribution in [0.25, 0.3) is 11.1 Å². The lowest BCUT2D eigenvalue weighted by Gasteiger charge is -2.18. The number of alkyl halides is 1. The van der Waals surface area contributed by atoms with E-state index >= 15 is 0 Å². The molecule has 39 heavy (non-hydrogen) atoms. The highest BCUT2D eigenvalue weighted by molar-refractivity contribution is 6.36. The minimum Gasteiger partial charge on any atom is -0.493 e. The van der Waals surface area contributed by atoms with Gasteiger partial charge in [-0.15, -0.1) is 12.4 Å². The first kappa shape index (κ1) is 29.4. The number of fused-ring (bicyclic) bond motifs is 1. The molecule has 4 nitrogen and oxygen atoms in total. The first-order chi connectivity index (χ1) is 18.4. The number of ether oxygens (including phenoxy) is 1. The number of hydrogen-bond donors (Lipinski definition) is 1. The highest BCUT2D eigenvalue weighted by Crippen LogP contribution is 2.43. The lowest BCUT2D eigenvalue weighted by molar-refractivity contribution is 0.0696. The maximum Gasteiger partial charge on any atom is 0.335 e. The number of carbonyl (C=O) groups is 1. The molecule has 2 aliphatic rings. The number of benzene rings is 3. The molecular weight excluding hydrogens is 560 g/mol. The van der Waals surface area contributed by atoms with Gasteiger partial charge in [0.05, 0.1) is 18.8 Å². The van der Waals surface area contributed by atoms with Crippen LogP contribution in [0.15, 0.2) is 60.7 Å². The summed E-state index contributed by atoms with van der Waals surface area (Å²) in [5, 5.41) is 10.6. The highest BCUT2D eigenvalue weighted by atomic mass is 35.5. The molecule has 1 saturated heterocycles. The Labute approximate surface area is 244 Å². The number of halogens is 4. The monoisotopic (exact) mass is 589 g/mol. The van der Waals surface area contributed by atoms with Crippen molar-refractivity contribution in [3.8, 4) is 5.75 Å². The van der Waals surface area contributed by atoms with Crippen LogP contribution in [-0.2, 0) is 6.42 Å². The van der Waals surface area contributed by atoms with Gasteiger partial charge in [0.1, 0.15) is 5.75 Å². The van der Waals surface area contributed by atoms with E-state index in [1.165, 1.54) is 5.56 Å². The predicted molar refractivity (Wildman–Crippen MR) is 158 cm³/mol. The van der Waals surface area contributed by atoms with Crippen LogP contribution in [0, 0.1) is 5.92 Å². The van der Waals surface area contributed by atoms with Crippen LogP contribution in [0.3, 0.4) is 0 Å². The Hall–Kier alpha value is -2.57.